The van der Waals surface area contributed by atoms with Crippen LogP contribution in [0, 0.1) is 11.8 Å². The van der Waals surface area contributed by atoms with Crippen molar-refractivity contribution in [1.29, 1.82) is 0 Å². The number of hydrogen-bond donors (Lipinski definition) is 1. The van der Waals surface area contributed by atoms with E-state index in [1.54, 1.807) is 29.6 Å². The SMILES string of the molecule is CC(C)CNC(=O)c1csc(CN(CC(C)C)S(=O)(=O)c2ccc(Br)cc2)n1. The van der Waals surface area contributed by atoms with E-state index in [9.17, 15) is 13.2 Å². The van der Waals surface area contributed by atoms with Gasteiger partial charge in [0.05, 0.1) is 11.4 Å². The van der Waals surface area contributed by atoms with Gasteiger partial charge in [-0.25, -0.2) is 13.4 Å². The van der Waals surface area contributed by atoms with Crippen molar-refractivity contribution in [3.05, 3.63) is 44.8 Å². The number of benzene rings is 1. The minimum Gasteiger partial charge on any atom is -0.350 e. The molecule has 28 heavy (non-hydrogen) atoms. The molecule has 2 rings (SSSR count). The molecule has 0 unspecified atom stereocenters. The fraction of sp³-hybridized carbons (Fsp3) is 0.474. The zero-order valence-electron chi connectivity index (χ0n) is 16.5. The first kappa shape index (κ1) is 23.0. The molecule has 2 aromatic rings. The predicted octanol–water partition coefficient (Wildman–Crippen LogP) is 4.14. The standard InChI is InChI=1S/C19H26BrN3O3S2/c1-13(2)9-21-19(24)17-12-27-18(22-17)11-23(10-14(3)4)28(25,26)16-7-5-15(20)6-8-16/h5-8,12-14H,9-11H2,1-4H3,(H,21,24). The summed E-state index contributed by atoms with van der Waals surface area (Å²) >= 11 is 4.62. The average molecular weight is 488 g/mol. The average Bonchev–Trinajstić information content (AvgIpc) is 3.07. The summed E-state index contributed by atoms with van der Waals surface area (Å²) < 4.78 is 28.5. The minimum absolute atomic E-state index is 0.138. The van der Waals surface area contributed by atoms with Gasteiger partial charge >= 0.3 is 0 Å². The van der Waals surface area contributed by atoms with Crippen LogP contribution in [0.2, 0.25) is 0 Å². The van der Waals surface area contributed by atoms with Crippen molar-refractivity contribution in [2.45, 2.75) is 39.1 Å². The van der Waals surface area contributed by atoms with Crippen LogP contribution >= 0.6 is 27.3 Å². The molecule has 0 saturated heterocycles. The van der Waals surface area contributed by atoms with Crippen molar-refractivity contribution in [1.82, 2.24) is 14.6 Å². The molecule has 1 N–H and O–H groups in total. The number of amides is 1. The van der Waals surface area contributed by atoms with Crippen LogP contribution < -0.4 is 5.32 Å². The molecule has 6 nitrogen and oxygen atoms in total. The van der Waals surface area contributed by atoms with E-state index in [2.05, 4.69) is 26.2 Å². The summed E-state index contributed by atoms with van der Waals surface area (Å²) in [6.45, 7) is 9.05. The van der Waals surface area contributed by atoms with E-state index in [1.165, 1.54) is 15.6 Å². The molecule has 1 aromatic heterocycles. The lowest BCUT2D eigenvalue weighted by molar-refractivity contribution is 0.0944. The maximum atomic E-state index is 13.1. The van der Waals surface area contributed by atoms with Gasteiger partial charge in [0, 0.05) is 22.9 Å². The van der Waals surface area contributed by atoms with Crippen LogP contribution in [0.5, 0.6) is 0 Å². The van der Waals surface area contributed by atoms with Gasteiger partial charge in [0.15, 0.2) is 0 Å². The molecule has 0 bridgehead atoms. The first-order chi connectivity index (χ1) is 13.1. The van der Waals surface area contributed by atoms with Crippen LogP contribution in [-0.4, -0.2) is 36.7 Å². The smallest absolute Gasteiger partial charge is 0.270 e. The Morgan fingerprint density at radius 3 is 2.39 bits per heavy atom. The normalized spacial score (nSPS) is 12.1. The van der Waals surface area contributed by atoms with Crippen molar-refractivity contribution in [2.24, 2.45) is 11.8 Å². The lowest BCUT2D eigenvalue weighted by atomic mass is 10.2. The van der Waals surface area contributed by atoms with E-state index in [0.29, 0.717) is 29.7 Å². The van der Waals surface area contributed by atoms with E-state index in [-0.39, 0.29) is 23.3 Å². The lowest BCUT2D eigenvalue weighted by Gasteiger charge is -2.23. The molecular weight excluding hydrogens is 462 g/mol. The van der Waals surface area contributed by atoms with Gasteiger partial charge in [-0.15, -0.1) is 11.3 Å². The molecule has 0 aliphatic heterocycles. The Bertz CT molecular complexity index is 893. The summed E-state index contributed by atoms with van der Waals surface area (Å²) in [6.07, 6.45) is 0. The van der Waals surface area contributed by atoms with Gasteiger partial charge in [-0.05, 0) is 36.1 Å². The molecule has 0 aliphatic rings. The third-order valence-electron chi connectivity index (χ3n) is 3.79. The Morgan fingerprint density at radius 1 is 1.18 bits per heavy atom. The molecule has 9 heteroatoms. The van der Waals surface area contributed by atoms with Crippen LogP contribution in [0.15, 0.2) is 39.0 Å². The Morgan fingerprint density at radius 2 is 1.82 bits per heavy atom. The number of nitrogens with one attached hydrogen (secondary N) is 1. The third-order valence-corrected chi connectivity index (χ3v) is 6.98. The van der Waals surface area contributed by atoms with Crippen molar-refractivity contribution in [2.75, 3.05) is 13.1 Å². The highest BCUT2D eigenvalue weighted by Gasteiger charge is 2.26. The Kier molecular flexibility index (Phi) is 8.18. The second kappa shape index (κ2) is 9.96. The number of halogens is 1. The zero-order valence-corrected chi connectivity index (χ0v) is 19.7. The highest BCUT2D eigenvalue weighted by molar-refractivity contribution is 9.10. The maximum absolute atomic E-state index is 13.1. The van der Waals surface area contributed by atoms with Gasteiger partial charge in [0.1, 0.15) is 10.7 Å². The summed E-state index contributed by atoms with van der Waals surface area (Å²) in [5, 5.41) is 5.09. The summed E-state index contributed by atoms with van der Waals surface area (Å²) in [4.78, 5) is 16.8. The maximum Gasteiger partial charge on any atom is 0.270 e. The van der Waals surface area contributed by atoms with Crippen LogP contribution in [0.25, 0.3) is 0 Å². The Labute approximate surface area is 179 Å². The number of sulfonamides is 1. The second-order valence-electron chi connectivity index (χ2n) is 7.38. The highest BCUT2D eigenvalue weighted by atomic mass is 79.9. The van der Waals surface area contributed by atoms with Gasteiger partial charge in [-0.3, -0.25) is 4.79 Å². The minimum atomic E-state index is -3.66. The number of carbonyl (C=O) groups is 1. The van der Waals surface area contributed by atoms with Crippen LogP contribution in [-0.2, 0) is 16.6 Å². The summed E-state index contributed by atoms with van der Waals surface area (Å²) in [7, 11) is -3.66. The Hall–Kier alpha value is -1.29. The van der Waals surface area contributed by atoms with Crippen molar-refractivity contribution in [3.8, 4) is 0 Å². The molecule has 0 spiro atoms. The van der Waals surface area contributed by atoms with Crippen molar-refractivity contribution >= 4 is 43.2 Å². The van der Waals surface area contributed by atoms with Crippen molar-refractivity contribution < 1.29 is 13.2 Å². The number of rotatable bonds is 9. The molecule has 0 saturated carbocycles. The van der Waals surface area contributed by atoms with Gasteiger partial charge in [0.2, 0.25) is 10.0 Å². The number of thiazole rings is 1. The van der Waals surface area contributed by atoms with E-state index < -0.39 is 10.0 Å². The van der Waals surface area contributed by atoms with Crippen molar-refractivity contribution in [3.63, 3.8) is 0 Å². The van der Waals surface area contributed by atoms with Crippen LogP contribution in [0.1, 0.15) is 43.2 Å². The molecule has 0 atom stereocenters. The van der Waals surface area contributed by atoms with Gasteiger partial charge in [0.25, 0.3) is 5.91 Å². The monoisotopic (exact) mass is 487 g/mol. The van der Waals surface area contributed by atoms with Crippen LogP contribution in [0.4, 0.5) is 0 Å². The molecule has 154 valence electrons. The molecule has 0 fully saturated rings. The summed E-state index contributed by atoms with van der Waals surface area (Å²) in [5.74, 6) is 0.265. The molecule has 0 aliphatic carbocycles. The van der Waals surface area contributed by atoms with Gasteiger partial charge in [-0.1, -0.05) is 43.6 Å². The number of carbonyl (C=O) groups excluding carboxylic acids is 1. The molecule has 1 heterocycles. The fourth-order valence-electron chi connectivity index (χ4n) is 2.44. The number of nitrogens with zero attached hydrogens (tertiary/aromatic N) is 2. The molecule has 1 aromatic carbocycles. The Balaban J connectivity index is 2.21. The lowest BCUT2D eigenvalue weighted by Crippen LogP contribution is -2.34. The largest absolute Gasteiger partial charge is 0.350 e. The first-order valence-electron chi connectivity index (χ1n) is 9.08. The fourth-order valence-corrected chi connectivity index (χ4v) is 5.14. The van der Waals surface area contributed by atoms with Gasteiger partial charge < -0.3 is 5.32 Å². The zero-order chi connectivity index (χ0) is 20.9. The van der Waals surface area contributed by atoms with E-state index in [4.69, 9.17) is 0 Å². The predicted molar refractivity (Wildman–Crippen MR) is 116 cm³/mol. The van der Waals surface area contributed by atoms with Gasteiger partial charge in [-0.2, -0.15) is 4.31 Å². The quantitative estimate of drug-likeness (QED) is 0.576. The molecular formula is C19H26BrN3O3S2. The highest BCUT2D eigenvalue weighted by Crippen LogP contribution is 2.23. The van der Waals surface area contributed by atoms with E-state index >= 15 is 0 Å². The van der Waals surface area contributed by atoms with Crippen LogP contribution in [0.3, 0.4) is 0 Å². The second-order valence-corrected chi connectivity index (χ2v) is 11.2. The first-order valence-corrected chi connectivity index (χ1v) is 12.2. The third kappa shape index (κ3) is 6.37. The summed E-state index contributed by atoms with van der Waals surface area (Å²) in [6, 6.07) is 6.58. The van der Waals surface area contributed by atoms with E-state index in [0.717, 1.165) is 4.47 Å². The summed E-state index contributed by atoms with van der Waals surface area (Å²) in [5.41, 5.74) is 0.325. The van der Waals surface area contributed by atoms with E-state index in [1.807, 2.05) is 27.7 Å². The topological polar surface area (TPSA) is 79.4 Å². The molecule has 1 amide bonds. The molecule has 0 radical (unpaired) electrons. The number of hydrogen-bond acceptors (Lipinski definition) is 5. The number of aromatic nitrogens is 1.